The number of rotatable bonds is 4. The number of carbonyl (C=O) groups is 1. The minimum atomic E-state index is -1.31. The zero-order chi connectivity index (χ0) is 13.8. The summed E-state index contributed by atoms with van der Waals surface area (Å²) in [4.78, 5) is 10.8. The van der Waals surface area contributed by atoms with Gasteiger partial charge in [-0.2, -0.15) is 11.8 Å². The van der Waals surface area contributed by atoms with E-state index in [-0.39, 0.29) is 5.69 Å². The Bertz CT molecular complexity index is 476. The van der Waals surface area contributed by atoms with E-state index in [0.717, 1.165) is 30.9 Å². The summed E-state index contributed by atoms with van der Waals surface area (Å²) in [6.45, 7) is 0.723. The maximum atomic E-state index is 13.6. The summed E-state index contributed by atoms with van der Waals surface area (Å²) in [5.74, 6) is -0.909. The number of anilines is 2. The molecule has 0 spiro atoms. The first kappa shape index (κ1) is 14.0. The van der Waals surface area contributed by atoms with E-state index >= 15 is 0 Å². The normalized spacial score (nSPS) is 19.1. The molecule has 0 amide bonds. The predicted molar refractivity (Wildman–Crippen MR) is 76.4 cm³/mol. The van der Waals surface area contributed by atoms with E-state index in [4.69, 9.17) is 10.8 Å². The number of benzene rings is 1. The standard InChI is InChI=1S/C13H17FN2O2S/c14-10-6-12(11(15)5-9(10)13(17)18)16-7-8-3-1-2-4-19-8/h5-6,8,16H,1-4,7,15H2,(H,17,18). The monoisotopic (exact) mass is 284 g/mol. The van der Waals surface area contributed by atoms with Gasteiger partial charge in [0.05, 0.1) is 16.9 Å². The number of nitrogens with one attached hydrogen (secondary N) is 1. The first-order chi connectivity index (χ1) is 9.08. The van der Waals surface area contributed by atoms with Crippen LogP contribution in [0.25, 0.3) is 0 Å². The third kappa shape index (κ3) is 3.53. The smallest absolute Gasteiger partial charge is 0.338 e. The van der Waals surface area contributed by atoms with Gasteiger partial charge < -0.3 is 16.2 Å². The highest BCUT2D eigenvalue weighted by molar-refractivity contribution is 7.99. The van der Waals surface area contributed by atoms with Gasteiger partial charge in [-0.1, -0.05) is 6.42 Å². The molecule has 1 aromatic rings. The van der Waals surface area contributed by atoms with Gasteiger partial charge in [0.15, 0.2) is 0 Å². The Morgan fingerprint density at radius 3 is 2.95 bits per heavy atom. The molecule has 1 aliphatic heterocycles. The number of thioether (sulfide) groups is 1. The van der Waals surface area contributed by atoms with Crippen molar-refractivity contribution in [3.63, 3.8) is 0 Å². The third-order valence-corrected chi connectivity index (χ3v) is 4.56. The molecule has 6 heteroatoms. The van der Waals surface area contributed by atoms with Crippen LogP contribution in [-0.4, -0.2) is 28.6 Å². The minimum Gasteiger partial charge on any atom is -0.478 e. The summed E-state index contributed by atoms with van der Waals surface area (Å²) in [5, 5.41) is 12.4. The van der Waals surface area contributed by atoms with Crippen molar-refractivity contribution in [2.24, 2.45) is 0 Å². The van der Waals surface area contributed by atoms with Gasteiger partial charge in [-0.15, -0.1) is 0 Å². The molecule has 0 aromatic heterocycles. The number of nitrogen functional groups attached to an aromatic ring is 1. The second kappa shape index (κ2) is 6.14. The summed E-state index contributed by atoms with van der Waals surface area (Å²) in [6, 6.07) is 2.32. The van der Waals surface area contributed by atoms with Crippen molar-refractivity contribution in [3.05, 3.63) is 23.5 Å². The van der Waals surface area contributed by atoms with E-state index in [0.29, 0.717) is 10.9 Å². The Hall–Kier alpha value is -1.43. The van der Waals surface area contributed by atoms with Crippen molar-refractivity contribution in [2.45, 2.75) is 24.5 Å². The van der Waals surface area contributed by atoms with Crippen LogP contribution in [0, 0.1) is 5.82 Å². The molecule has 0 bridgehead atoms. The summed E-state index contributed by atoms with van der Waals surface area (Å²) >= 11 is 1.91. The fraction of sp³-hybridized carbons (Fsp3) is 0.462. The van der Waals surface area contributed by atoms with Crippen molar-refractivity contribution in [3.8, 4) is 0 Å². The summed E-state index contributed by atoms with van der Waals surface area (Å²) in [6.07, 6.45) is 3.62. The van der Waals surface area contributed by atoms with Crippen molar-refractivity contribution < 1.29 is 14.3 Å². The molecule has 4 nitrogen and oxygen atoms in total. The van der Waals surface area contributed by atoms with Crippen LogP contribution in [0.1, 0.15) is 29.6 Å². The highest BCUT2D eigenvalue weighted by Crippen LogP contribution is 2.27. The number of carboxylic acids is 1. The van der Waals surface area contributed by atoms with Crippen LogP contribution in [0.2, 0.25) is 0 Å². The zero-order valence-corrected chi connectivity index (χ0v) is 11.3. The molecule has 1 aromatic carbocycles. The first-order valence-electron chi connectivity index (χ1n) is 6.25. The summed E-state index contributed by atoms with van der Waals surface area (Å²) < 4.78 is 13.6. The summed E-state index contributed by atoms with van der Waals surface area (Å²) in [5.41, 5.74) is 6.08. The lowest BCUT2D eigenvalue weighted by atomic mass is 10.1. The van der Waals surface area contributed by atoms with Crippen molar-refractivity contribution >= 4 is 29.1 Å². The zero-order valence-electron chi connectivity index (χ0n) is 10.5. The molecule has 1 aliphatic rings. The van der Waals surface area contributed by atoms with Crippen LogP contribution >= 0.6 is 11.8 Å². The fourth-order valence-corrected chi connectivity index (χ4v) is 3.34. The lowest BCUT2D eigenvalue weighted by molar-refractivity contribution is 0.0692. The van der Waals surface area contributed by atoms with Crippen LogP contribution < -0.4 is 11.1 Å². The second-order valence-electron chi connectivity index (χ2n) is 4.59. The van der Waals surface area contributed by atoms with Gasteiger partial charge in [0.2, 0.25) is 0 Å². The molecule has 104 valence electrons. The van der Waals surface area contributed by atoms with E-state index in [1.807, 2.05) is 11.8 Å². The van der Waals surface area contributed by atoms with Gasteiger partial charge in [-0.05, 0) is 30.7 Å². The number of carboxylic acid groups (broad SMARTS) is 1. The predicted octanol–water partition coefficient (Wildman–Crippen LogP) is 2.80. The van der Waals surface area contributed by atoms with Crippen molar-refractivity contribution in [2.75, 3.05) is 23.3 Å². The minimum absolute atomic E-state index is 0.264. The molecular weight excluding hydrogens is 267 g/mol. The Morgan fingerprint density at radius 2 is 2.32 bits per heavy atom. The Balaban J connectivity index is 2.04. The number of halogens is 1. The number of aromatic carboxylic acids is 1. The van der Waals surface area contributed by atoms with E-state index in [1.54, 1.807) is 0 Å². The average Bonchev–Trinajstić information content (AvgIpc) is 2.40. The van der Waals surface area contributed by atoms with Gasteiger partial charge >= 0.3 is 5.97 Å². The lowest BCUT2D eigenvalue weighted by Crippen LogP contribution is -2.20. The quantitative estimate of drug-likeness (QED) is 0.741. The largest absolute Gasteiger partial charge is 0.478 e. The molecule has 0 radical (unpaired) electrons. The highest BCUT2D eigenvalue weighted by atomic mass is 32.2. The van der Waals surface area contributed by atoms with Gasteiger partial charge in [-0.25, -0.2) is 9.18 Å². The topological polar surface area (TPSA) is 75.4 Å². The molecule has 1 atom stereocenters. The number of nitrogens with two attached hydrogens (primary N) is 1. The van der Waals surface area contributed by atoms with Crippen LogP contribution in [0.5, 0.6) is 0 Å². The molecule has 0 saturated carbocycles. The molecule has 1 heterocycles. The highest BCUT2D eigenvalue weighted by Gasteiger charge is 2.16. The molecule has 1 unspecified atom stereocenters. The van der Waals surface area contributed by atoms with Crippen LogP contribution in [0.4, 0.5) is 15.8 Å². The maximum absolute atomic E-state index is 13.6. The molecule has 0 aliphatic carbocycles. The number of hydrogen-bond acceptors (Lipinski definition) is 4. The van der Waals surface area contributed by atoms with Gasteiger partial charge in [0, 0.05) is 11.8 Å². The van der Waals surface area contributed by atoms with Crippen LogP contribution in [0.3, 0.4) is 0 Å². The molecule has 1 saturated heterocycles. The second-order valence-corrected chi connectivity index (χ2v) is 6.00. The Morgan fingerprint density at radius 1 is 1.53 bits per heavy atom. The van der Waals surface area contributed by atoms with Gasteiger partial charge in [0.1, 0.15) is 5.82 Å². The molecule has 2 rings (SSSR count). The average molecular weight is 284 g/mol. The lowest BCUT2D eigenvalue weighted by Gasteiger charge is -2.22. The fourth-order valence-electron chi connectivity index (χ4n) is 2.10. The molecular formula is C13H17FN2O2S. The van der Waals surface area contributed by atoms with Crippen LogP contribution in [0.15, 0.2) is 12.1 Å². The number of hydrogen-bond donors (Lipinski definition) is 3. The Labute approximate surface area is 115 Å². The van der Waals surface area contributed by atoms with Gasteiger partial charge in [0.25, 0.3) is 0 Å². The third-order valence-electron chi connectivity index (χ3n) is 3.16. The van der Waals surface area contributed by atoms with E-state index in [9.17, 15) is 9.18 Å². The molecule has 4 N–H and O–H groups in total. The van der Waals surface area contributed by atoms with E-state index < -0.39 is 17.3 Å². The van der Waals surface area contributed by atoms with Crippen molar-refractivity contribution in [1.29, 1.82) is 0 Å². The van der Waals surface area contributed by atoms with E-state index in [1.165, 1.54) is 12.8 Å². The first-order valence-corrected chi connectivity index (χ1v) is 7.30. The molecule has 19 heavy (non-hydrogen) atoms. The van der Waals surface area contributed by atoms with Crippen molar-refractivity contribution in [1.82, 2.24) is 0 Å². The van der Waals surface area contributed by atoms with E-state index in [2.05, 4.69) is 5.32 Å². The Kier molecular flexibility index (Phi) is 4.52. The van der Waals surface area contributed by atoms with Crippen LogP contribution in [-0.2, 0) is 0 Å². The maximum Gasteiger partial charge on any atom is 0.338 e. The van der Waals surface area contributed by atoms with Gasteiger partial charge in [-0.3, -0.25) is 0 Å². The summed E-state index contributed by atoms with van der Waals surface area (Å²) in [7, 11) is 0. The molecule has 1 fully saturated rings. The SMILES string of the molecule is Nc1cc(C(=O)O)c(F)cc1NCC1CCCCS1.